The maximum Gasteiger partial charge on any atom is 0.191 e. The van der Waals surface area contributed by atoms with Crippen molar-refractivity contribution < 1.29 is 14.2 Å². The molecule has 0 bridgehead atoms. The molecule has 0 aromatic rings. The third-order valence-electron chi connectivity index (χ3n) is 6.22. The minimum absolute atomic E-state index is 0.221. The Morgan fingerprint density at radius 1 is 1.11 bits per heavy atom. The molecule has 158 valence electrons. The summed E-state index contributed by atoms with van der Waals surface area (Å²) >= 11 is 0. The van der Waals surface area contributed by atoms with Crippen molar-refractivity contribution in [2.24, 2.45) is 10.4 Å². The van der Waals surface area contributed by atoms with Gasteiger partial charge in [-0.25, -0.2) is 0 Å². The molecule has 0 aromatic carbocycles. The molecule has 0 radical (unpaired) electrons. The molecular weight excluding hydrogens is 342 g/mol. The van der Waals surface area contributed by atoms with E-state index >= 15 is 0 Å². The summed E-state index contributed by atoms with van der Waals surface area (Å²) in [4.78, 5) is 4.77. The lowest BCUT2D eigenvalue weighted by atomic mass is 9.58. The summed E-state index contributed by atoms with van der Waals surface area (Å²) in [5.74, 6) is 0.926. The Balaban J connectivity index is 1.78. The van der Waals surface area contributed by atoms with Crippen molar-refractivity contribution >= 4 is 5.96 Å². The fourth-order valence-electron chi connectivity index (χ4n) is 4.42. The number of nitrogens with zero attached hydrogens (tertiary/aromatic N) is 1. The van der Waals surface area contributed by atoms with E-state index in [0.717, 1.165) is 84.0 Å². The zero-order chi connectivity index (χ0) is 19.5. The monoisotopic (exact) mass is 383 g/mol. The van der Waals surface area contributed by atoms with Gasteiger partial charge in [-0.2, -0.15) is 0 Å². The van der Waals surface area contributed by atoms with Gasteiger partial charge in [0, 0.05) is 51.0 Å². The summed E-state index contributed by atoms with van der Waals surface area (Å²) in [7, 11) is 0. The molecule has 1 aliphatic carbocycles. The highest BCUT2D eigenvalue weighted by Crippen LogP contribution is 2.48. The van der Waals surface area contributed by atoms with E-state index in [9.17, 15) is 0 Å². The molecule has 1 aliphatic heterocycles. The molecule has 0 amide bonds. The van der Waals surface area contributed by atoms with E-state index in [0.29, 0.717) is 18.2 Å². The molecule has 1 saturated carbocycles. The number of hydrogen-bond donors (Lipinski definition) is 2. The van der Waals surface area contributed by atoms with Crippen molar-refractivity contribution in [2.45, 2.75) is 84.5 Å². The van der Waals surface area contributed by atoms with Gasteiger partial charge in [0.25, 0.3) is 0 Å². The second kappa shape index (κ2) is 11.9. The zero-order valence-electron chi connectivity index (χ0n) is 17.9. The first-order valence-corrected chi connectivity index (χ1v) is 11.1. The van der Waals surface area contributed by atoms with E-state index in [2.05, 4.69) is 38.3 Å². The molecule has 1 saturated heterocycles. The molecular formula is C21H41N3O3. The summed E-state index contributed by atoms with van der Waals surface area (Å²) in [5, 5.41) is 7.07. The lowest BCUT2D eigenvalue weighted by Crippen LogP contribution is -2.65. The lowest BCUT2D eigenvalue weighted by molar-refractivity contribution is -0.133. The molecule has 6 nitrogen and oxygen atoms in total. The van der Waals surface area contributed by atoms with Crippen LogP contribution in [0.25, 0.3) is 0 Å². The Kier molecular flexibility index (Phi) is 9.87. The van der Waals surface area contributed by atoms with Crippen LogP contribution in [0.4, 0.5) is 0 Å². The van der Waals surface area contributed by atoms with Gasteiger partial charge in [-0.3, -0.25) is 4.99 Å². The summed E-state index contributed by atoms with van der Waals surface area (Å²) in [6.45, 7) is 13.6. The van der Waals surface area contributed by atoms with Crippen molar-refractivity contribution in [3.8, 4) is 0 Å². The zero-order valence-corrected chi connectivity index (χ0v) is 17.9. The number of aliphatic imine (C=N–C) groups is 1. The van der Waals surface area contributed by atoms with E-state index in [1.807, 2.05) is 0 Å². The van der Waals surface area contributed by atoms with Gasteiger partial charge in [0.2, 0.25) is 0 Å². The molecule has 27 heavy (non-hydrogen) atoms. The molecule has 2 atom stereocenters. The molecule has 0 spiro atoms. The van der Waals surface area contributed by atoms with Crippen molar-refractivity contribution in [3.05, 3.63) is 0 Å². The van der Waals surface area contributed by atoms with Gasteiger partial charge < -0.3 is 24.8 Å². The first-order chi connectivity index (χ1) is 13.2. The predicted octanol–water partition coefficient (Wildman–Crippen LogP) is 3.11. The van der Waals surface area contributed by atoms with Crippen LogP contribution in [0.5, 0.6) is 0 Å². The number of guanidine groups is 1. The number of ether oxygens (including phenoxy) is 3. The number of nitrogens with one attached hydrogen (secondary N) is 2. The Bertz CT molecular complexity index is 434. The molecule has 6 heteroatoms. The minimum atomic E-state index is 0.221. The SMILES string of the molecule is CCNC(=NCCCOC1CCOCC1)NC1CC(OCC)C1(CC)CC. The standard InChI is InChI=1S/C21H41N3O3/c1-5-21(6-2)18(16-19(21)26-8-4)24-20(22-7-3)23-12-9-13-27-17-10-14-25-15-11-17/h17-19H,5-16H2,1-4H3,(H2,22,23,24). The molecule has 2 rings (SSSR count). The van der Waals surface area contributed by atoms with Gasteiger partial charge in [-0.1, -0.05) is 13.8 Å². The first kappa shape index (κ1) is 22.4. The largest absolute Gasteiger partial charge is 0.381 e. The summed E-state index contributed by atoms with van der Waals surface area (Å²) in [6, 6.07) is 0.431. The fraction of sp³-hybridized carbons (Fsp3) is 0.952. The van der Waals surface area contributed by atoms with Crippen LogP contribution in [0.3, 0.4) is 0 Å². The smallest absolute Gasteiger partial charge is 0.191 e. The van der Waals surface area contributed by atoms with E-state index < -0.39 is 0 Å². The summed E-state index contributed by atoms with van der Waals surface area (Å²) in [5.41, 5.74) is 0.221. The van der Waals surface area contributed by atoms with Crippen LogP contribution in [-0.4, -0.2) is 63.7 Å². The molecule has 2 fully saturated rings. The van der Waals surface area contributed by atoms with Crippen LogP contribution in [0, 0.1) is 5.41 Å². The Labute approximate surface area is 165 Å². The minimum Gasteiger partial charge on any atom is -0.381 e. The maximum atomic E-state index is 5.99. The van der Waals surface area contributed by atoms with Gasteiger partial charge in [-0.05, 0) is 52.4 Å². The van der Waals surface area contributed by atoms with Crippen molar-refractivity contribution in [1.82, 2.24) is 10.6 Å². The van der Waals surface area contributed by atoms with Crippen LogP contribution in [0.2, 0.25) is 0 Å². The highest BCUT2D eigenvalue weighted by molar-refractivity contribution is 5.80. The van der Waals surface area contributed by atoms with E-state index in [1.54, 1.807) is 0 Å². The molecule has 0 aromatic heterocycles. The first-order valence-electron chi connectivity index (χ1n) is 11.1. The molecule has 2 aliphatic rings. The average molecular weight is 384 g/mol. The second-order valence-corrected chi connectivity index (χ2v) is 7.61. The lowest BCUT2D eigenvalue weighted by Gasteiger charge is -2.55. The van der Waals surface area contributed by atoms with Crippen molar-refractivity contribution in [2.75, 3.05) is 39.5 Å². The van der Waals surface area contributed by atoms with Crippen molar-refractivity contribution in [3.63, 3.8) is 0 Å². The van der Waals surface area contributed by atoms with Crippen LogP contribution in [-0.2, 0) is 14.2 Å². The van der Waals surface area contributed by atoms with Crippen LogP contribution < -0.4 is 10.6 Å². The van der Waals surface area contributed by atoms with Gasteiger partial charge in [-0.15, -0.1) is 0 Å². The Hall–Kier alpha value is -0.850. The summed E-state index contributed by atoms with van der Waals surface area (Å²) in [6.07, 6.45) is 7.05. The van der Waals surface area contributed by atoms with Gasteiger partial charge in [0.05, 0.1) is 12.2 Å². The van der Waals surface area contributed by atoms with Gasteiger partial charge in [0.15, 0.2) is 5.96 Å². The Morgan fingerprint density at radius 3 is 2.48 bits per heavy atom. The van der Waals surface area contributed by atoms with E-state index in [1.165, 1.54) is 0 Å². The van der Waals surface area contributed by atoms with Gasteiger partial charge >= 0.3 is 0 Å². The predicted molar refractivity (Wildman–Crippen MR) is 110 cm³/mol. The normalized spacial score (nSPS) is 25.9. The fourth-order valence-corrected chi connectivity index (χ4v) is 4.42. The quantitative estimate of drug-likeness (QED) is 0.326. The second-order valence-electron chi connectivity index (χ2n) is 7.61. The summed E-state index contributed by atoms with van der Waals surface area (Å²) < 4.78 is 17.3. The molecule has 2 unspecified atom stereocenters. The van der Waals surface area contributed by atoms with Crippen LogP contribution in [0.15, 0.2) is 4.99 Å². The molecule has 2 N–H and O–H groups in total. The average Bonchev–Trinajstić information content (AvgIpc) is 2.68. The number of hydrogen-bond acceptors (Lipinski definition) is 4. The van der Waals surface area contributed by atoms with Gasteiger partial charge in [0.1, 0.15) is 0 Å². The highest BCUT2D eigenvalue weighted by Gasteiger charge is 2.53. The highest BCUT2D eigenvalue weighted by atomic mass is 16.5. The van der Waals surface area contributed by atoms with Crippen LogP contribution >= 0.6 is 0 Å². The third-order valence-corrected chi connectivity index (χ3v) is 6.22. The maximum absolute atomic E-state index is 5.99. The third kappa shape index (κ3) is 6.06. The Morgan fingerprint density at radius 2 is 1.85 bits per heavy atom. The number of rotatable bonds is 11. The van der Waals surface area contributed by atoms with Crippen LogP contribution in [0.1, 0.15) is 66.2 Å². The molecule has 1 heterocycles. The van der Waals surface area contributed by atoms with E-state index in [4.69, 9.17) is 19.2 Å². The van der Waals surface area contributed by atoms with E-state index in [-0.39, 0.29) is 5.41 Å². The van der Waals surface area contributed by atoms with Crippen molar-refractivity contribution in [1.29, 1.82) is 0 Å². The topological polar surface area (TPSA) is 64.1 Å².